The van der Waals surface area contributed by atoms with E-state index in [1.165, 1.54) is 24.3 Å². The van der Waals surface area contributed by atoms with Crippen molar-refractivity contribution in [2.24, 2.45) is 0 Å². The Labute approximate surface area is 168 Å². The van der Waals surface area contributed by atoms with E-state index in [1.807, 2.05) is 6.92 Å². The Morgan fingerprint density at radius 1 is 0.828 bits per heavy atom. The van der Waals surface area contributed by atoms with Crippen LogP contribution in [0.1, 0.15) is 33.5 Å². The van der Waals surface area contributed by atoms with E-state index in [0.29, 0.717) is 37.7 Å². The Balaban J connectivity index is 1.54. The van der Waals surface area contributed by atoms with Crippen LogP contribution in [0.25, 0.3) is 0 Å². The summed E-state index contributed by atoms with van der Waals surface area (Å²) in [4.78, 5) is 16.6. The molecule has 0 atom stereocenters. The number of nitrogens with zero attached hydrogens (tertiary/aromatic N) is 2. The Hall–Kier alpha value is -2.99. The summed E-state index contributed by atoms with van der Waals surface area (Å²) in [5, 5.41) is 0. The van der Waals surface area contributed by atoms with Crippen LogP contribution >= 0.6 is 0 Å². The average molecular weight is 396 g/mol. The summed E-state index contributed by atoms with van der Waals surface area (Å²) < 4.78 is 32.3. The minimum atomic E-state index is -0.296. The number of carbonyl (C=O) groups excluding carboxylic acids is 1. The van der Waals surface area contributed by atoms with E-state index in [1.54, 1.807) is 41.3 Å². The quantitative estimate of drug-likeness (QED) is 0.655. The number of benzene rings is 2. The molecule has 0 saturated carbocycles. The minimum Gasteiger partial charge on any atom is -0.456 e. The molecule has 4 nitrogen and oxygen atoms in total. The van der Waals surface area contributed by atoms with Gasteiger partial charge in [-0.15, -0.1) is 0 Å². The van der Waals surface area contributed by atoms with E-state index in [9.17, 15) is 13.6 Å². The third kappa shape index (κ3) is 4.22. The Kier molecular flexibility index (Phi) is 5.45. The molecule has 1 saturated heterocycles. The molecular weight excluding hydrogens is 374 g/mol. The fraction of sp³-hybridized carbons (Fsp3) is 0.261. The van der Waals surface area contributed by atoms with Gasteiger partial charge >= 0.3 is 0 Å². The lowest BCUT2D eigenvalue weighted by Crippen LogP contribution is -2.49. The Bertz CT molecular complexity index is 929. The molecule has 0 unspecified atom stereocenters. The normalized spacial score (nSPS) is 15.1. The zero-order chi connectivity index (χ0) is 20.4. The lowest BCUT2D eigenvalue weighted by Gasteiger charge is -2.39. The lowest BCUT2D eigenvalue weighted by atomic mass is 9.96. The summed E-state index contributed by atoms with van der Waals surface area (Å²) in [5.74, 6) is 0.355. The third-order valence-electron chi connectivity index (χ3n) is 5.29. The molecule has 29 heavy (non-hydrogen) atoms. The number of carbonyl (C=O) groups is 1. The summed E-state index contributed by atoms with van der Waals surface area (Å²) in [6, 6.07) is 16.1. The van der Waals surface area contributed by atoms with Gasteiger partial charge in [-0.2, -0.15) is 0 Å². The number of rotatable bonds is 4. The smallest absolute Gasteiger partial charge is 0.289 e. The van der Waals surface area contributed by atoms with Crippen molar-refractivity contribution in [3.8, 4) is 0 Å². The van der Waals surface area contributed by atoms with Crippen LogP contribution in [0, 0.1) is 18.6 Å². The maximum Gasteiger partial charge on any atom is 0.289 e. The van der Waals surface area contributed by atoms with Gasteiger partial charge in [0.2, 0.25) is 0 Å². The molecule has 0 bridgehead atoms. The number of aryl methyl sites for hydroxylation is 1. The maximum atomic E-state index is 13.4. The molecule has 2 aromatic carbocycles. The van der Waals surface area contributed by atoms with Gasteiger partial charge in [-0.25, -0.2) is 8.78 Å². The average Bonchev–Trinajstić information content (AvgIpc) is 3.17. The molecule has 0 N–H and O–H groups in total. The molecule has 1 fully saturated rings. The van der Waals surface area contributed by atoms with E-state index in [2.05, 4.69) is 4.90 Å². The molecule has 150 valence electrons. The van der Waals surface area contributed by atoms with Crippen LogP contribution in [0.5, 0.6) is 0 Å². The highest BCUT2D eigenvalue weighted by Crippen LogP contribution is 2.30. The second-order valence-corrected chi connectivity index (χ2v) is 7.24. The van der Waals surface area contributed by atoms with Crippen LogP contribution in [0.3, 0.4) is 0 Å². The van der Waals surface area contributed by atoms with E-state index in [-0.39, 0.29) is 23.6 Å². The van der Waals surface area contributed by atoms with E-state index >= 15 is 0 Å². The summed E-state index contributed by atoms with van der Waals surface area (Å²) in [6.07, 6.45) is 0. The van der Waals surface area contributed by atoms with Gasteiger partial charge < -0.3 is 9.32 Å². The van der Waals surface area contributed by atoms with Crippen molar-refractivity contribution >= 4 is 5.91 Å². The first kappa shape index (κ1) is 19.3. The van der Waals surface area contributed by atoms with Crippen LogP contribution in [0.15, 0.2) is 65.1 Å². The van der Waals surface area contributed by atoms with Crippen molar-refractivity contribution in [3.63, 3.8) is 0 Å². The van der Waals surface area contributed by atoms with E-state index in [4.69, 9.17) is 4.42 Å². The molecule has 1 aliphatic heterocycles. The summed E-state index contributed by atoms with van der Waals surface area (Å²) in [5.41, 5.74) is 1.86. The van der Waals surface area contributed by atoms with Crippen molar-refractivity contribution < 1.29 is 18.0 Å². The summed E-state index contributed by atoms with van der Waals surface area (Å²) in [7, 11) is 0. The first-order valence-corrected chi connectivity index (χ1v) is 9.62. The SMILES string of the molecule is Cc1ccc(C(=O)N2CCN(C(c3ccc(F)cc3)c3ccc(F)cc3)CC2)o1. The molecule has 0 spiro atoms. The molecule has 1 amide bonds. The van der Waals surface area contributed by atoms with Crippen LogP contribution in [0.2, 0.25) is 0 Å². The van der Waals surface area contributed by atoms with Crippen molar-refractivity contribution in [2.45, 2.75) is 13.0 Å². The van der Waals surface area contributed by atoms with E-state index in [0.717, 1.165) is 11.1 Å². The highest BCUT2D eigenvalue weighted by Gasteiger charge is 2.29. The predicted octanol–water partition coefficient (Wildman–Crippen LogP) is 4.41. The second kappa shape index (κ2) is 8.17. The fourth-order valence-electron chi connectivity index (χ4n) is 3.79. The van der Waals surface area contributed by atoms with Crippen molar-refractivity contribution in [1.82, 2.24) is 9.80 Å². The maximum absolute atomic E-state index is 13.4. The molecule has 4 rings (SSSR count). The minimum absolute atomic E-state index is 0.113. The van der Waals surface area contributed by atoms with Gasteiger partial charge in [-0.1, -0.05) is 24.3 Å². The number of furan rings is 1. The van der Waals surface area contributed by atoms with Gasteiger partial charge in [0.15, 0.2) is 5.76 Å². The molecule has 1 aromatic heterocycles. The Morgan fingerprint density at radius 3 is 1.79 bits per heavy atom. The summed E-state index contributed by atoms with van der Waals surface area (Å²) >= 11 is 0. The number of piperazine rings is 1. The number of hydrogen-bond donors (Lipinski definition) is 0. The van der Waals surface area contributed by atoms with Gasteiger partial charge in [-0.3, -0.25) is 9.69 Å². The zero-order valence-corrected chi connectivity index (χ0v) is 16.1. The molecular formula is C23H22F2N2O2. The van der Waals surface area contributed by atoms with Crippen LogP contribution in [-0.2, 0) is 0 Å². The third-order valence-corrected chi connectivity index (χ3v) is 5.29. The first-order chi connectivity index (χ1) is 14.0. The number of halogens is 2. The Morgan fingerprint density at radius 2 is 1.34 bits per heavy atom. The topological polar surface area (TPSA) is 36.7 Å². The van der Waals surface area contributed by atoms with Crippen LogP contribution < -0.4 is 0 Å². The van der Waals surface area contributed by atoms with Gasteiger partial charge in [0.05, 0.1) is 6.04 Å². The molecule has 3 aromatic rings. The predicted molar refractivity (Wildman–Crippen MR) is 106 cm³/mol. The first-order valence-electron chi connectivity index (χ1n) is 9.62. The van der Waals surface area contributed by atoms with E-state index < -0.39 is 0 Å². The zero-order valence-electron chi connectivity index (χ0n) is 16.1. The second-order valence-electron chi connectivity index (χ2n) is 7.24. The standard InChI is InChI=1S/C23H22F2N2O2/c1-16-2-11-21(29-16)23(28)27-14-12-26(13-15-27)22(17-3-7-19(24)8-4-17)18-5-9-20(25)10-6-18/h2-11,22H,12-15H2,1H3. The monoisotopic (exact) mass is 396 g/mol. The highest BCUT2D eigenvalue weighted by atomic mass is 19.1. The van der Waals surface area contributed by atoms with Crippen molar-refractivity contribution in [3.05, 3.63) is 94.9 Å². The van der Waals surface area contributed by atoms with Gasteiger partial charge in [0.25, 0.3) is 5.91 Å². The van der Waals surface area contributed by atoms with Crippen LogP contribution in [-0.4, -0.2) is 41.9 Å². The number of amides is 1. The molecule has 6 heteroatoms. The molecule has 2 heterocycles. The number of hydrogen-bond acceptors (Lipinski definition) is 3. The van der Waals surface area contributed by atoms with Gasteiger partial charge in [0, 0.05) is 26.2 Å². The fourth-order valence-corrected chi connectivity index (χ4v) is 3.79. The van der Waals surface area contributed by atoms with Crippen molar-refractivity contribution in [2.75, 3.05) is 26.2 Å². The molecule has 0 radical (unpaired) electrons. The highest BCUT2D eigenvalue weighted by molar-refractivity contribution is 5.91. The molecule has 0 aliphatic carbocycles. The van der Waals surface area contributed by atoms with Gasteiger partial charge in [-0.05, 0) is 54.4 Å². The summed E-state index contributed by atoms with van der Waals surface area (Å²) in [6.45, 7) is 4.20. The van der Waals surface area contributed by atoms with Crippen molar-refractivity contribution in [1.29, 1.82) is 0 Å². The van der Waals surface area contributed by atoms with Crippen LogP contribution in [0.4, 0.5) is 8.78 Å². The molecule has 1 aliphatic rings. The largest absolute Gasteiger partial charge is 0.456 e. The van der Waals surface area contributed by atoms with Gasteiger partial charge in [0.1, 0.15) is 17.4 Å². The lowest BCUT2D eigenvalue weighted by molar-refractivity contribution is 0.0566.